The highest BCUT2D eigenvalue weighted by Crippen LogP contribution is 2.68. The van der Waals surface area contributed by atoms with Gasteiger partial charge in [-0.3, -0.25) is 29.4 Å². The summed E-state index contributed by atoms with van der Waals surface area (Å²) in [5.41, 5.74) is 0.656. The van der Waals surface area contributed by atoms with Gasteiger partial charge in [0.15, 0.2) is 0 Å². The predicted molar refractivity (Wildman–Crippen MR) is 121 cm³/mol. The normalized spacial score (nSPS) is 34.0. The number of rotatable bonds is 4. The van der Waals surface area contributed by atoms with Crippen molar-refractivity contribution in [1.29, 1.82) is 0 Å². The molecule has 4 aliphatic rings. The van der Waals surface area contributed by atoms with Gasteiger partial charge in [0, 0.05) is 28.2 Å². The number of benzene rings is 1. The summed E-state index contributed by atoms with van der Waals surface area (Å²) in [6.07, 6.45) is 0.662. The van der Waals surface area contributed by atoms with E-state index < -0.39 is 40.6 Å². The molecular formula is C22H19N3O7S2. The van der Waals surface area contributed by atoms with Gasteiger partial charge in [-0.2, -0.15) is 0 Å². The average molecular weight is 502 g/mol. The summed E-state index contributed by atoms with van der Waals surface area (Å²) in [6, 6.07) is 5.14. The summed E-state index contributed by atoms with van der Waals surface area (Å²) in [5.74, 6) is -3.99. The number of likely N-dealkylation sites (tertiary alicyclic amines) is 1. The first-order chi connectivity index (χ1) is 16.2. The topological polar surface area (TPSA) is 151 Å². The highest BCUT2D eigenvalue weighted by atomic mass is 32.2. The van der Waals surface area contributed by atoms with Crippen molar-refractivity contribution >= 4 is 46.6 Å². The Morgan fingerprint density at radius 3 is 2.62 bits per heavy atom. The summed E-state index contributed by atoms with van der Waals surface area (Å²) < 4.78 is 0. The van der Waals surface area contributed by atoms with Gasteiger partial charge in [-0.25, -0.2) is 4.79 Å². The first-order valence-electron chi connectivity index (χ1n) is 10.9. The molecule has 176 valence electrons. The Hall–Kier alpha value is -2.99. The monoisotopic (exact) mass is 501 g/mol. The van der Waals surface area contributed by atoms with Crippen LogP contribution >= 0.6 is 23.1 Å². The van der Waals surface area contributed by atoms with E-state index in [1.807, 2.05) is 6.07 Å². The van der Waals surface area contributed by atoms with Crippen LogP contribution in [0, 0.1) is 39.7 Å². The van der Waals surface area contributed by atoms with Gasteiger partial charge in [0.25, 0.3) is 5.69 Å². The van der Waals surface area contributed by atoms with E-state index in [2.05, 4.69) is 4.98 Å². The molecule has 2 aliphatic carbocycles. The van der Waals surface area contributed by atoms with E-state index in [-0.39, 0.29) is 39.5 Å². The van der Waals surface area contributed by atoms with Crippen LogP contribution in [0.3, 0.4) is 0 Å². The molecule has 2 N–H and O–H groups in total. The van der Waals surface area contributed by atoms with E-state index in [0.717, 1.165) is 21.1 Å². The maximum Gasteiger partial charge on any atom is 0.326 e. The third-order valence-electron chi connectivity index (χ3n) is 7.94. The fraction of sp³-hybridized carbons (Fsp3) is 0.455. The molecule has 2 aliphatic heterocycles. The van der Waals surface area contributed by atoms with Crippen LogP contribution in [-0.2, 0) is 14.4 Å². The lowest BCUT2D eigenvalue weighted by molar-refractivity contribution is -0.384. The summed E-state index contributed by atoms with van der Waals surface area (Å²) >= 11 is 2.59. The number of carbonyl (C=O) groups is 3. The third-order valence-corrected chi connectivity index (χ3v) is 10.5. The molecular weight excluding hydrogens is 482 g/mol. The summed E-state index contributed by atoms with van der Waals surface area (Å²) in [7, 11) is 0. The Kier molecular flexibility index (Phi) is 4.59. The van der Waals surface area contributed by atoms with Crippen molar-refractivity contribution in [2.45, 2.75) is 35.6 Å². The van der Waals surface area contributed by atoms with Crippen LogP contribution in [-0.4, -0.2) is 49.0 Å². The minimum Gasteiger partial charge on any atom is -0.480 e. The highest BCUT2D eigenvalue weighted by molar-refractivity contribution is 8.00. The van der Waals surface area contributed by atoms with E-state index in [0.29, 0.717) is 17.0 Å². The fourth-order valence-corrected chi connectivity index (χ4v) is 9.63. The number of carboxylic acids is 1. The Morgan fingerprint density at radius 2 is 1.94 bits per heavy atom. The van der Waals surface area contributed by atoms with Crippen molar-refractivity contribution in [3.63, 3.8) is 0 Å². The molecule has 6 rings (SSSR count). The number of H-pyrrole nitrogens is 1. The number of hydrogen-bond donors (Lipinski definition) is 2. The van der Waals surface area contributed by atoms with Crippen molar-refractivity contribution in [1.82, 2.24) is 9.88 Å². The molecule has 0 radical (unpaired) electrons. The number of imide groups is 1. The number of thiazole rings is 1. The number of aromatic nitrogens is 1. The molecule has 2 amide bonds. The van der Waals surface area contributed by atoms with Gasteiger partial charge in [0.05, 0.1) is 21.8 Å². The lowest BCUT2D eigenvalue weighted by Crippen LogP contribution is -2.44. The molecule has 0 spiro atoms. The van der Waals surface area contributed by atoms with E-state index in [1.54, 1.807) is 6.07 Å². The van der Waals surface area contributed by atoms with Crippen molar-refractivity contribution < 1.29 is 24.4 Å². The number of nitro groups is 1. The average Bonchev–Trinajstić information content (AvgIpc) is 3.52. The van der Waals surface area contributed by atoms with Crippen LogP contribution in [0.25, 0.3) is 0 Å². The molecule has 1 aromatic heterocycles. The molecule has 2 aromatic rings. The van der Waals surface area contributed by atoms with Crippen molar-refractivity contribution in [2.24, 2.45) is 29.6 Å². The number of fused-ring (bicyclic) bond motifs is 9. The maximum absolute atomic E-state index is 13.3. The van der Waals surface area contributed by atoms with Gasteiger partial charge in [-0.05, 0) is 36.7 Å². The lowest BCUT2D eigenvalue weighted by Gasteiger charge is -2.43. The predicted octanol–water partition coefficient (Wildman–Crippen LogP) is 2.29. The zero-order valence-electron chi connectivity index (χ0n) is 17.7. The minimum absolute atomic E-state index is 0.0497. The molecule has 2 saturated carbocycles. The van der Waals surface area contributed by atoms with Gasteiger partial charge >= 0.3 is 10.8 Å². The van der Waals surface area contributed by atoms with E-state index in [9.17, 15) is 34.4 Å². The first-order valence-corrected chi connectivity index (χ1v) is 12.6. The van der Waals surface area contributed by atoms with Gasteiger partial charge < -0.3 is 10.1 Å². The molecule has 8 unspecified atom stereocenters. The molecule has 12 heteroatoms. The quantitative estimate of drug-likeness (QED) is 0.368. The molecule has 3 fully saturated rings. The summed E-state index contributed by atoms with van der Waals surface area (Å²) in [6.45, 7) is 1.34. The fourth-order valence-electron chi connectivity index (χ4n) is 6.74. The number of thioether (sulfide) groups is 1. The zero-order chi connectivity index (χ0) is 24.0. The number of nitrogens with zero attached hydrogens (tertiary/aromatic N) is 2. The number of carbonyl (C=O) groups excluding carboxylic acids is 2. The lowest BCUT2D eigenvalue weighted by atomic mass is 9.68. The number of aliphatic carboxylic acids is 1. The number of hydrogen-bond acceptors (Lipinski definition) is 8. The summed E-state index contributed by atoms with van der Waals surface area (Å²) in [4.78, 5) is 65.7. The third kappa shape index (κ3) is 2.75. The molecule has 1 aromatic carbocycles. The Labute approximate surface area is 200 Å². The molecule has 3 heterocycles. The van der Waals surface area contributed by atoms with Gasteiger partial charge in [0.2, 0.25) is 11.8 Å². The molecule has 1 saturated heterocycles. The number of amides is 2. The van der Waals surface area contributed by atoms with Crippen molar-refractivity contribution in [3.8, 4) is 0 Å². The SMILES string of the molecule is CC(C(=O)O)N1C(=O)C2C3CC(C2C1=O)C1C(c2cccc([N+](=O)[O-])c2)c2sc(=O)[nH]c2SC31. The number of non-ortho nitro benzene ring substituents is 1. The molecule has 2 bridgehead atoms. The molecule has 10 nitrogen and oxygen atoms in total. The van der Waals surface area contributed by atoms with Crippen molar-refractivity contribution in [3.05, 3.63) is 54.5 Å². The second-order valence-corrected chi connectivity index (χ2v) is 11.6. The zero-order valence-corrected chi connectivity index (χ0v) is 19.4. The smallest absolute Gasteiger partial charge is 0.326 e. The van der Waals surface area contributed by atoms with Gasteiger partial charge in [0.1, 0.15) is 6.04 Å². The summed E-state index contributed by atoms with van der Waals surface area (Å²) in [5, 5.41) is 21.5. The second kappa shape index (κ2) is 7.25. The highest BCUT2D eigenvalue weighted by Gasteiger charge is 2.70. The van der Waals surface area contributed by atoms with Crippen LogP contribution in [0.5, 0.6) is 0 Å². The van der Waals surface area contributed by atoms with Crippen LogP contribution in [0.4, 0.5) is 5.69 Å². The van der Waals surface area contributed by atoms with Gasteiger partial charge in [-0.15, -0.1) is 11.8 Å². The van der Waals surface area contributed by atoms with Crippen molar-refractivity contribution in [2.75, 3.05) is 0 Å². The van der Waals surface area contributed by atoms with Crippen LogP contribution < -0.4 is 4.87 Å². The minimum atomic E-state index is -1.23. The van der Waals surface area contributed by atoms with E-state index in [4.69, 9.17) is 0 Å². The Bertz CT molecular complexity index is 1340. The van der Waals surface area contributed by atoms with Gasteiger partial charge in [-0.1, -0.05) is 23.5 Å². The molecule has 34 heavy (non-hydrogen) atoms. The number of nitro benzene ring substituents is 1. The standard InChI is InChI=1S/C22H19N3O7S2/c1-7(21(28)29)24-19(26)14-10-6-11(15(14)20(24)27)16-13(10)12(17-18(33-16)23-22(30)34-17)8-3-2-4-9(5-8)25(31)32/h2-5,7,10-16H,6H2,1H3,(H,23,30)(H,28,29). The second-order valence-electron chi connectivity index (χ2n) is 9.37. The first kappa shape index (κ1) is 21.5. The van der Waals surface area contributed by atoms with E-state index >= 15 is 0 Å². The number of carboxylic acid groups (broad SMARTS) is 1. The van der Waals surface area contributed by atoms with E-state index in [1.165, 1.54) is 30.8 Å². The Morgan fingerprint density at radius 1 is 1.24 bits per heavy atom. The Balaban J connectivity index is 1.46. The number of nitrogens with one attached hydrogen (secondary N) is 1. The maximum atomic E-state index is 13.3. The largest absolute Gasteiger partial charge is 0.480 e. The van der Waals surface area contributed by atoms with Crippen LogP contribution in [0.15, 0.2) is 34.1 Å². The molecule has 8 atom stereocenters. The van der Waals surface area contributed by atoms with Crippen LogP contribution in [0.2, 0.25) is 0 Å². The number of aromatic amines is 1. The van der Waals surface area contributed by atoms with Crippen LogP contribution in [0.1, 0.15) is 29.7 Å².